The molecule has 1 heterocycles. The Morgan fingerprint density at radius 2 is 1.63 bits per heavy atom. The lowest BCUT2D eigenvalue weighted by Gasteiger charge is -2.12. The van der Waals surface area contributed by atoms with Crippen LogP contribution in [0.2, 0.25) is 5.02 Å². The fraction of sp³-hybridized carbons (Fsp3) is 0.0800. The van der Waals surface area contributed by atoms with E-state index >= 15 is 0 Å². The molecule has 0 aliphatic carbocycles. The number of rotatable bonds is 5. The van der Waals surface area contributed by atoms with Crippen LogP contribution in [0.4, 0.5) is 4.39 Å². The van der Waals surface area contributed by atoms with Gasteiger partial charge in [0, 0.05) is 22.9 Å². The van der Waals surface area contributed by atoms with Crippen molar-refractivity contribution < 1.29 is 9.18 Å². The molecule has 30 heavy (non-hydrogen) atoms. The van der Waals surface area contributed by atoms with Gasteiger partial charge in [-0.05, 0) is 60.5 Å². The lowest BCUT2D eigenvalue weighted by molar-refractivity contribution is 0.0950. The highest BCUT2D eigenvalue weighted by molar-refractivity contribution is 6.30. The van der Waals surface area contributed by atoms with Gasteiger partial charge in [0.15, 0.2) is 0 Å². The lowest BCUT2D eigenvalue weighted by atomic mass is 10.1. The Kier molecular flexibility index (Phi) is 5.68. The summed E-state index contributed by atoms with van der Waals surface area (Å²) in [5.74, 6) is -0.468. The summed E-state index contributed by atoms with van der Waals surface area (Å²) in [4.78, 5) is 13.0. The van der Waals surface area contributed by atoms with Crippen LogP contribution in [0.25, 0.3) is 16.9 Å². The van der Waals surface area contributed by atoms with Crippen molar-refractivity contribution in [3.63, 3.8) is 0 Å². The summed E-state index contributed by atoms with van der Waals surface area (Å²) in [6.07, 6.45) is 0. The largest absolute Gasteiger partial charge is 0.348 e. The summed E-state index contributed by atoms with van der Waals surface area (Å²) in [5, 5.41) is 3.62. The number of carbonyl (C=O) groups is 1. The molecule has 0 saturated carbocycles. The summed E-state index contributed by atoms with van der Waals surface area (Å²) < 4.78 is 15.4. The first kappa shape index (κ1) is 19.9. The predicted molar refractivity (Wildman–Crippen MR) is 119 cm³/mol. The molecule has 1 N–H and O–H groups in total. The van der Waals surface area contributed by atoms with Crippen LogP contribution < -0.4 is 5.32 Å². The molecule has 0 spiro atoms. The van der Waals surface area contributed by atoms with Crippen LogP contribution in [0.5, 0.6) is 0 Å². The first-order chi connectivity index (χ1) is 14.5. The van der Waals surface area contributed by atoms with Crippen molar-refractivity contribution in [3.8, 4) is 16.9 Å². The third-order valence-electron chi connectivity index (χ3n) is 5.01. The lowest BCUT2D eigenvalue weighted by Crippen LogP contribution is -2.23. The van der Waals surface area contributed by atoms with Crippen molar-refractivity contribution in [1.82, 2.24) is 9.88 Å². The summed E-state index contributed by atoms with van der Waals surface area (Å²) >= 11 is 6.05. The maximum Gasteiger partial charge on any atom is 0.253 e. The Labute approximate surface area is 179 Å². The molecule has 0 aliphatic heterocycles. The molecule has 150 valence electrons. The van der Waals surface area contributed by atoms with Crippen molar-refractivity contribution in [3.05, 3.63) is 113 Å². The first-order valence-electron chi connectivity index (χ1n) is 9.59. The van der Waals surface area contributed by atoms with E-state index in [4.69, 9.17) is 11.6 Å². The fourth-order valence-electron chi connectivity index (χ4n) is 3.47. The van der Waals surface area contributed by atoms with Crippen molar-refractivity contribution in [1.29, 1.82) is 0 Å². The van der Waals surface area contributed by atoms with Gasteiger partial charge in [0.05, 0.1) is 11.3 Å². The Balaban J connectivity index is 1.74. The van der Waals surface area contributed by atoms with Gasteiger partial charge in [-0.2, -0.15) is 0 Å². The molecule has 0 unspecified atom stereocenters. The molecule has 0 radical (unpaired) electrons. The molecular formula is C25H20ClFN2O. The van der Waals surface area contributed by atoms with Gasteiger partial charge in [-0.15, -0.1) is 0 Å². The summed E-state index contributed by atoms with van der Waals surface area (Å²) in [5.41, 5.74) is 4.90. The summed E-state index contributed by atoms with van der Waals surface area (Å²) in [6.45, 7) is 2.33. The zero-order chi connectivity index (χ0) is 21.1. The number of aromatic nitrogens is 1. The van der Waals surface area contributed by atoms with Crippen LogP contribution in [-0.2, 0) is 6.54 Å². The minimum Gasteiger partial charge on any atom is -0.348 e. The van der Waals surface area contributed by atoms with Gasteiger partial charge in [0.25, 0.3) is 5.91 Å². The van der Waals surface area contributed by atoms with E-state index in [9.17, 15) is 9.18 Å². The number of benzene rings is 3. The molecule has 0 atom stereocenters. The van der Waals surface area contributed by atoms with Crippen molar-refractivity contribution in [2.24, 2.45) is 0 Å². The minimum absolute atomic E-state index is 0.160. The van der Waals surface area contributed by atoms with E-state index in [2.05, 4.69) is 5.32 Å². The first-order valence-corrected chi connectivity index (χ1v) is 9.97. The SMILES string of the molecule is Cc1c(C(=O)NCc2ccccc2)cc(-c2ccc(Cl)cc2)n1-c1ccc(F)cc1. The van der Waals surface area contributed by atoms with Gasteiger partial charge in [-0.3, -0.25) is 4.79 Å². The van der Waals surface area contributed by atoms with Gasteiger partial charge in [-0.1, -0.05) is 54.1 Å². The van der Waals surface area contributed by atoms with Crippen LogP contribution in [0, 0.1) is 12.7 Å². The smallest absolute Gasteiger partial charge is 0.253 e. The van der Waals surface area contributed by atoms with E-state index in [1.54, 1.807) is 12.1 Å². The minimum atomic E-state index is -0.308. The van der Waals surface area contributed by atoms with Crippen LogP contribution in [0.15, 0.2) is 84.9 Å². The van der Waals surface area contributed by atoms with Crippen molar-refractivity contribution in [2.75, 3.05) is 0 Å². The van der Waals surface area contributed by atoms with Crippen LogP contribution in [0.3, 0.4) is 0 Å². The molecule has 0 bridgehead atoms. The number of nitrogens with zero attached hydrogens (tertiary/aromatic N) is 1. The molecule has 5 heteroatoms. The molecule has 0 fully saturated rings. The van der Waals surface area contributed by atoms with E-state index in [0.29, 0.717) is 17.1 Å². The molecule has 0 aliphatic rings. The Morgan fingerprint density at radius 3 is 2.30 bits per heavy atom. The van der Waals surface area contributed by atoms with E-state index in [0.717, 1.165) is 28.2 Å². The second kappa shape index (κ2) is 8.56. The van der Waals surface area contributed by atoms with Gasteiger partial charge in [0.1, 0.15) is 5.82 Å². The third kappa shape index (κ3) is 4.14. The quantitative estimate of drug-likeness (QED) is 0.413. The molecule has 4 rings (SSSR count). The Bertz CT molecular complexity index is 1170. The number of hydrogen-bond donors (Lipinski definition) is 1. The van der Waals surface area contributed by atoms with E-state index in [1.807, 2.05) is 72.2 Å². The number of hydrogen-bond acceptors (Lipinski definition) is 1. The molecule has 4 aromatic rings. The monoisotopic (exact) mass is 418 g/mol. The third-order valence-corrected chi connectivity index (χ3v) is 5.26. The van der Waals surface area contributed by atoms with Crippen LogP contribution in [0.1, 0.15) is 21.6 Å². The van der Waals surface area contributed by atoms with Gasteiger partial charge in [0.2, 0.25) is 0 Å². The zero-order valence-corrected chi connectivity index (χ0v) is 17.2. The topological polar surface area (TPSA) is 34.0 Å². The number of nitrogens with one attached hydrogen (secondary N) is 1. The van der Waals surface area contributed by atoms with Gasteiger partial charge >= 0.3 is 0 Å². The highest BCUT2D eigenvalue weighted by atomic mass is 35.5. The molecule has 1 amide bonds. The number of amides is 1. The fourth-order valence-corrected chi connectivity index (χ4v) is 3.59. The summed E-state index contributed by atoms with van der Waals surface area (Å²) in [7, 11) is 0. The average Bonchev–Trinajstić information content (AvgIpc) is 3.11. The van der Waals surface area contributed by atoms with E-state index in [1.165, 1.54) is 12.1 Å². The number of halogens is 2. The molecular weight excluding hydrogens is 399 g/mol. The zero-order valence-electron chi connectivity index (χ0n) is 16.4. The second-order valence-electron chi connectivity index (χ2n) is 7.02. The molecule has 1 aromatic heterocycles. The normalized spacial score (nSPS) is 10.8. The highest BCUT2D eigenvalue weighted by Gasteiger charge is 2.19. The van der Waals surface area contributed by atoms with Crippen LogP contribution >= 0.6 is 11.6 Å². The molecule has 3 nitrogen and oxygen atoms in total. The maximum atomic E-state index is 13.5. The summed E-state index contributed by atoms with van der Waals surface area (Å²) in [6, 6.07) is 25.3. The van der Waals surface area contributed by atoms with E-state index in [-0.39, 0.29) is 11.7 Å². The second-order valence-corrected chi connectivity index (χ2v) is 7.45. The standard InChI is InChI=1S/C25H20ClFN2O/c1-17-23(25(30)28-16-18-5-3-2-4-6-18)15-24(19-7-9-20(26)10-8-19)29(17)22-13-11-21(27)12-14-22/h2-15H,16H2,1H3,(H,28,30). The molecule has 0 saturated heterocycles. The molecule has 3 aromatic carbocycles. The van der Waals surface area contributed by atoms with Gasteiger partial charge < -0.3 is 9.88 Å². The highest BCUT2D eigenvalue weighted by Crippen LogP contribution is 2.30. The van der Waals surface area contributed by atoms with Crippen LogP contribution in [-0.4, -0.2) is 10.5 Å². The average molecular weight is 419 g/mol. The van der Waals surface area contributed by atoms with Crippen molar-refractivity contribution in [2.45, 2.75) is 13.5 Å². The Hall–Kier alpha value is -3.37. The number of carbonyl (C=O) groups excluding carboxylic acids is 1. The maximum absolute atomic E-state index is 13.5. The van der Waals surface area contributed by atoms with Crippen molar-refractivity contribution >= 4 is 17.5 Å². The van der Waals surface area contributed by atoms with E-state index < -0.39 is 0 Å². The predicted octanol–water partition coefficient (Wildman–Crippen LogP) is 6.18. The van der Waals surface area contributed by atoms with Gasteiger partial charge in [-0.25, -0.2) is 4.39 Å². The Morgan fingerprint density at radius 1 is 0.967 bits per heavy atom.